The van der Waals surface area contributed by atoms with E-state index in [-0.39, 0.29) is 17.4 Å². The highest BCUT2D eigenvalue weighted by Gasteiger charge is 2.59. The standard InChI is InChI=1S/C19H27NO3/c1-11-15(21)6-5-13-14-10-12-4-7-16(23-3)18(22)17(12)19(11,13)8-9-20(14)2/h4,7,11,13-15,21-22H,5-6,8-10H2,1-3H3/t11-,13?,14+,15?,19-/m0/s1. The van der Waals surface area contributed by atoms with Crippen LogP contribution in [0, 0.1) is 11.8 Å². The molecule has 1 aromatic carbocycles. The summed E-state index contributed by atoms with van der Waals surface area (Å²) in [6.07, 6.45) is 3.61. The smallest absolute Gasteiger partial charge is 0.161 e. The molecule has 4 rings (SSSR count). The Bertz CT molecular complexity index is 631. The number of phenols is 1. The highest BCUT2D eigenvalue weighted by atomic mass is 16.5. The molecular formula is C19H27NO3. The van der Waals surface area contributed by atoms with Gasteiger partial charge in [0.15, 0.2) is 11.5 Å². The average molecular weight is 317 g/mol. The molecule has 4 heteroatoms. The van der Waals surface area contributed by atoms with Crippen molar-refractivity contribution in [3.63, 3.8) is 0 Å². The second kappa shape index (κ2) is 5.12. The van der Waals surface area contributed by atoms with E-state index >= 15 is 0 Å². The van der Waals surface area contributed by atoms with Gasteiger partial charge in [0.05, 0.1) is 13.2 Å². The molecule has 1 saturated heterocycles. The number of aliphatic hydroxyl groups excluding tert-OH is 1. The Morgan fingerprint density at radius 3 is 2.83 bits per heavy atom. The summed E-state index contributed by atoms with van der Waals surface area (Å²) in [5.74, 6) is 1.53. The van der Waals surface area contributed by atoms with Crippen LogP contribution in [-0.4, -0.2) is 48.0 Å². The summed E-state index contributed by atoms with van der Waals surface area (Å²) in [5, 5.41) is 21.5. The Morgan fingerprint density at radius 1 is 1.30 bits per heavy atom. The summed E-state index contributed by atoms with van der Waals surface area (Å²) >= 11 is 0. The number of aromatic hydroxyl groups is 1. The van der Waals surface area contributed by atoms with Gasteiger partial charge in [-0.25, -0.2) is 0 Å². The summed E-state index contributed by atoms with van der Waals surface area (Å²) in [6.45, 7) is 3.20. The van der Waals surface area contributed by atoms with E-state index in [1.165, 1.54) is 5.56 Å². The van der Waals surface area contributed by atoms with Gasteiger partial charge in [-0.05, 0) is 62.7 Å². The minimum absolute atomic E-state index is 0.124. The maximum absolute atomic E-state index is 10.9. The average Bonchev–Trinajstić information content (AvgIpc) is 2.54. The van der Waals surface area contributed by atoms with Crippen molar-refractivity contribution in [2.75, 3.05) is 20.7 Å². The van der Waals surface area contributed by atoms with E-state index in [4.69, 9.17) is 4.74 Å². The molecule has 0 amide bonds. The van der Waals surface area contributed by atoms with Crippen molar-refractivity contribution >= 4 is 0 Å². The minimum atomic E-state index is -0.285. The SMILES string of the molecule is COc1ccc2c(c1O)[C@]13CCN(C)[C@H](C2)C1CCC(O)[C@@H]3C. The maximum Gasteiger partial charge on any atom is 0.161 e. The van der Waals surface area contributed by atoms with Gasteiger partial charge in [0, 0.05) is 17.0 Å². The molecule has 2 N–H and O–H groups in total. The lowest BCUT2D eigenvalue weighted by Gasteiger charge is -2.61. The van der Waals surface area contributed by atoms with Gasteiger partial charge in [0.1, 0.15) is 0 Å². The lowest BCUT2D eigenvalue weighted by atomic mass is 9.48. The first-order chi connectivity index (χ1) is 11.0. The third-order valence-corrected chi connectivity index (χ3v) is 7.08. The van der Waals surface area contributed by atoms with Crippen LogP contribution in [0.5, 0.6) is 11.5 Å². The molecule has 1 aliphatic heterocycles. The van der Waals surface area contributed by atoms with Crippen molar-refractivity contribution in [1.29, 1.82) is 0 Å². The molecule has 5 atom stereocenters. The zero-order chi connectivity index (χ0) is 16.4. The van der Waals surface area contributed by atoms with Crippen LogP contribution >= 0.6 is 0 Å². The highest BCUT2D eigenvalue weighted by molar-refractivity contribution is 5.56. The molecule has 2 fully saturated rings. The van der Waals surface area contributed by atoms with E-state index in [9.17, 15) is 10.2 Å². The number of aliphatic hydroxyl groups is 1. The Balaban J connectivity index is 1.97. The van der Waals surface area contributed by atoms with Crippen LogP contribution in [0.2, 0.25) is 0 Å². The number of hydrogen-bond donors (Lipinski definition) is 2. The van der Waals surface area contributed by atoms with E-state index in [2.05, 4.69) is 24.9 Å². The predicted molar refractivity (Wildman–Crippen MR) is 89.0 cm³/mol. The van der Waals surface area contributed by atoms with Crippen LogP contribution in [0.1, 0.15) is 37.3 Å². The third-order valence-electron chi connectivity index (χ3n) is 7.08. The molecule has 0 spiro atoms. The van der Waals surface area contributed by atoms with Crippen LogP contribution in [-0.2, 0) is 11.8 Å². The first-order valence-electron chi connectivity index (χ1n) is 8.78. The van der Waals surface area contributed by atoms with Crippen LogP contribution in [0.4, 0.5) is 0 Å². The van der Waals surface area contributed by atoms with Gasteiger partial charge < -0.3 is 19.8 Å². The lowest BCUT2D eigenvalue weighted by Crippen LogP contribution is -2.64. The largest absolute Gasteiger partial charge is 0.504 e. The first-order valence-corrected chi connectivity index (χ1v) is 8.78. The third kappa shape index (κ3) is 1.85. The second-order valence-electron chi connectivity index (χ2n) is 7.73. The molecule has 2 unspecified atom stereocenters. The zero-order valence-electron chi connectivity index (χ0n) is 14.2. The van der Waals surface area contributed by atoms with Gasteiger partial charge in [0.2, 0.25) is 0 Å². The molecule has 1 saturated carbocycles. The van der Waals surface area contributed by atoms with Gasteiger partial charge in [-0.15, -0.1) is 0 Å². The first kappa shape index (κ1) is 15.3. The van der Waals surface area contributed by atoms with Crippen LogP contribution in [0.25, 0.3) is 0 Å². The van der Waals surface area contributed by atoms with Crippen molar-refractivity contribution in [2.45, 2.75) is 50.2 Å². The number of benzene rings is 1. The summed E-state index contributed by atoms with van der Waals surface area (Å²) in [5.41, 5.74) is 2.18. The Kier molecular flexibility index (Phi) is 3.40. The number of phenolic OH excluding ortho intramolecular Hbond substituents is 1. The van der Waals surface area contributed by atoms with Crippen molar-refractivity contribution in [3.8, 4) is 11.5 Å². The number of nitrogens with zero attached hydrogens (tertiary/aromatic N) is 1. The molecule has 1 heterocycles. The molecule has 0 radical (unpaired) electrons. The molecule has 2 aliphatic carbocycles. The summed E-state index contributed by atoms with van der Waals surface area (Å²) in [4.78, 5) is 2.48. The Labute approximate surface area is 138 Å². The molecule has 126 valence electrons. The minimum Gasteiger partial charge on any atom is -0.504 e. The number of likely N-dealkylation sites (tertiary alicyclic amines) is 1. The Morgan fingerprint density at radius 2 is 2.09 bits per heavy atom. The zero-order valence-corrected chi connectivity index (χ0v) is 14.2. The van der Waals surface area contributed by atoms with Gasteiger partial charge in [-0.3, -0.25) is 0 Å². The number of hydrogen-bond acceptors (Lipinski definition) is 4. The van der Waals surface area contributed by atoms with E-state index in [0.29, 0.717) is 23.5 Å². The molecule has 3 aliphatic rings. The number of piperidine rings is 1. The fourth-order valence-corrected chi connectivity index (χ4v) is 5.85. The highest BCUT2D eigenvalue weighted by Crippen LogP contribution is 2.60. The van der Waals surface area contributed by atoms with Gasteiger partial charge in [-0.2, -0.15) is 0 Å². The van der Waals surface area contributed by atoms with Crippen LogP contribution in [0.15, 0.2) is 12.1 Å². The van der Waals surface area contributed by atoms with Gasteiger partial charge in [-0.1, -0.05) is 13.0 Å². The van der Waals surface area contributed by atoms with E-state index in [1.54, 1.807) is 7.11 Å². The Hall–Kier alpha value is -1.26. The number of methoxy groups -OCH3 is 1. The van der Waals surface area contributed by atoms with Crippen molar-refractivity contribution in [2.24, 2.45) is 11.8 Å². The molecule has 23 heavy (non-hydrogen) atoms. The quantitative estimate of drug-likeness (QED) is 0.834. The number of ether oxygens (including phenoxy) is 1. The monoisotopic (exact) mass is 317 g/mol. The summed E-state index contributed by atoms with van der Waals surface area (Å²) in [7, 11) is 3.83. The fraction of sp³-hybridized carbons (Fsp3) is 0.684. The molecule has 2 bridgehead atoms. The molecule has 1 aromatic rings. The molecule has 0 aromatic heterocycles. The van der Waals surface area contributed by atoms with E-state index in [0.717, 1.165) is 37.8 Å². The second-order valence-corrected chi connectivity index (χ2v) is 7.73. The predicted octanol–water partition coefficient (Wildman–Crippen LogP) is 2.31. The molecule has 4 nitrogen and oxygen atoms in total. The summed E-state index contributed by atoms with van der Waals surface area (Å²) in [6, 6.07) is 4.51. The topological polar surface area (TPSA) is 52.9 Å². The molecular weight excluding hydrogens is 290 g/mol. The van der Waals surface area contributed by atoms with Crippen LogP contribution in [0.3, 0.4) is 0 Å². The van der Waals surface area contributed by atoms with Crippen molar-refractivity contribution in [1.82, 2.24) is 4.90 Å². The van der Waals surface area contributed by atoms with Crippen molar-refractivity contribution < 1.29 is 14.9 Å². The van der Waals surface area contributed by atoms with E-state index < -0.39 is 0 Å². The fourth-order valence-electron chi connectivity index (χ4n) is 5.85. The van der Waals surface area contributed by atoms with Gasteiger partial charge >= 0.3 is 0 Å². The number of likely N-dealkylation sites (N-methyl/N-ethyl adjacent to an activating group) is 1. The maximum atomic E-state index is 10.9. The normalized spacial score (nSPS) is 39.5. The number of rotatable bonds is 1. The summed E-state index contributed by atoms with van der Waals surface area (Å²) < 4.78 is 5.39. The van der Waals surface area contributed by atoms with E-state index in [1.807, 2.05) is 6.07 Å². The van der Waals surface area contributed by atoms with Crippen molar-refractivity contribution in [3.05, 3.63) is 23.3 Å². The number of fused-ring (bicyclic) bond motifs is 1. The van der Waals surface area contributed by atoms with Gasteiger partial charge in [0.25, 0.3) is 0 Å². The van der Waals surface area contributed by atoms with Crippen LogP contribution < -0.4 is 4.74 Å². The lowest BCUT2D eigenvalue weighted by molar-refractivity contribution is -0.0802.